The number of fused-ring (bicyclic) bond motifs is 2. The standard InChI is InChI=1S/C30H42FNO8/c1-18-13-21(31)15-24-23(38-30(6,7)39-24)12-10-11-20-14-22(32(8)28(34)40-29(3,4)5)16-25(36-17-35-9)26(20)27(33)37-19(18)2/h10-11,13-14,16,18-19,23-24H,12,15,17H2,1-9H3/b11-10+,21-13+/t18-,19+,23+,24-/m1/s1. The molecule has 1 fully saturated rings. The van der Waals surface area contributed by atoms with Crippen molar-refractivity contribution in [3.63, 3.8) is 0 Å². The first-order chi connectivity index (χ1) is 18.6. The Bertz CT molecular complexity index is 1140. The SMILES string of the molecule is COCOc1cc(N(C)C(=O)OC(C)(C)C)cc2c1C(=O)O[C@@H](C)[C@H](C)/C=C(/F)C[C@H]1OC(C)(C)O[C@H]1C/C=C/2. The number of carbonyl (C=O) groups is 2. The van der Waals surface area contributed by atoms with Crippen LogP contribution in [-0.4, -0.2) is 62.7 Å². The third kappa shape index (κ3) is 8.28. The van der Waals surface area contributed by atoms with Crippen molar-refractivity contribution < 1.29 is 42.4 Å². The van der Waals surface area contributed by atoms with E-state index < -0.39 is 47.7 Å². The number of benzene rings is 1. The normalized spacial score (nSPS) is 27.2. The quantitative estimate of drug-likeness (QED) is 0.307. The molecule has 9 nitrogen and oxygen atoms in total. The number of hydrogen-bond acceptors (Lipinski definition) is 8. The molecule has 1 aromatic rings. The summed E-state index contributed by atoms with van der Waals surface area (Å²) in [6.45, 7) is 12.3. The molecule has 1 aromatic carbocycles. The maximum atomic E-state index is 15.0. The first-order valence-corrected chi connectivity index (χ1v) is 13.5. The van der Waals surface area contributed by atoms with Crippen molar-refractivity contribution >= 4 is 23.8 Å². The smallest absolute Gasteiger partial charge is 0.414 e. The van der Waals surface area contributed by atoms with Crippen LogP contribution in [0.5, 0.6) is 5.75 Å². The van der Waals surface area contributed by atoms with Gasteiger partial charge in [0.15, 0.2) is 12.6 Å². The number of hydrogen-bond donors (Lipinski definition) is 0. The molecule has 0 radical (unpaired) electrons. The first-order valence-electron chi connectivity index (χ1n) is 13.5. The molecule has 4 atom stereocenters. The minimum absolute atomic E-state index is 0.0450. The van der Waals surface area contributed by atoms with Crippen molar-refractivity contribution in [3.8, 4) is 5.75 Å². The Labute approximate surface area is 236 Å². The van der Waals surface area contributed by atoms with E-state index in [-0.39, 0.29) is 30.4 Å². The number of amides is 1. The van der Waals surface area contributed by atoms with Gasteiger partial charge in [-0.1, -0.05) is 19.1 Å². The third-order valence-corrected chi connectivity index (χ3v) is 6.53. The molecule has 2 aliphatic heterocycles. The zero-order valence-corrected chi connectivity index (χ0v) is 24.9. The van der Waals surface area contributed by atoms with Crippen molar-refractivity contribution in [1.29, 1.82) is 0 Å². The maximum Gasteiger partial charge on any atom is 0.414 e. The minimum atomic E-state index is -0.863. The topological polar surface area (TPSA) is 92.8 Å². The average Bonchev–Trinajstić information content (AvgIpc) is 3.12. The Kier molecular flexibility index (Phi) is 10.0. The lowest BCUT2D eigenvalue weighted by Crippen LogP contribution is -2.34. The van der Waals surface area contributed by atoms with Crippen LogP contribution in [0.1, 0.15) is 77.2 Å². The van der Waals surface area contributed by atoms with Gasteiger partial charge >= 0.3 is 12.1 Å². The molecule has 1 saturated heterocycles. The Morgan fingerprint density at radius 3 is 2.50 bits per heavy atom. The zero-order chi connectivity index (χ0) is 29.8. The number of carbonyl (C=O) groups excluding carboxylic acids is 2. The van der Waals surface area contributed by atoms with E-state index in [1.165, 1.54) is 18.1 Å². The molecule has 0 bridgehead atoms. The molecule has 0 aliphatic carbocycles. The highest BCUT2D eigenvalue weighted by Crippen LogP contribution is 2.36. The van der Waals surface area contributed by atoms with Crippen LogP contribution in [-0.2, 0) is 23.7 Å². The number of ether oxygens (including phenoxy) is 6. The average molecular weight is 564 g/mol. The summed E-state index contributed by atoms with van der Waals surface area (Å²) in [4.78, 5) is 27.7. The van der Waals surface area contributed by atoms with E-state index in [2.05, 4.69) is 0 Å². The number of nitrogens with zero attached hydrogens (tertiary/aromatic N) is 1. The summed E-state index contributed by atoms with van der Waals surface area (Å²) in [6, 6.07) is 3.24. The van der Waals surface area contributed by atoms with Crippen LogP contribution in [0.3, 0.4) is 0 Å². The van der Waals surface area contributed by atoms with Crippen LogP contribution >= 0.6 is 0 Å². The molecule has 0 N–H and O–H groups in total. The van der Waals surface area contributed by atoms with Crippen molar-refractivity contribution in [1.82, 2.24) is 0 Å². The molecule has 3 rings (SSSR count). The molecule has 2 aliphatic rings. The third-order valence-electron chi connectivity index (χ3n) is 6.53. The minimum Gasteiger partial charge on any atom is -0.467 e. The monoisotopic (exact) mass is 563 g/mol. The predicted octanol–water partition coefficient (Wildman–Crippen LogP) is 6.40. The predicted molar refractivity (Wildman–Crippen MR) is 149 cm³/mol. The highest BCUT2D eigenvalue weighted by Gasteiger charge is 2.41. The van der Waals surface area contributed by atoms with Gasteiger partial charge in [0.25, 0.3) is 0 Å². The van der Waals surface area contributed by atoms with E-state index in [0.717, 1.165) is 0 Å². The molecular formula is C30H42FNO8. The van der Waals surface area contributed by atoms with Gasteiger partial charge in [-0.2, -0.15) is 0 Å². The zero-order valence-electron chi connectivity index (χ0n) is 24.9. The van der Waals surface area contributed by atoms with Gasteiger partial charge in [-0.05, 0) is 65.7 Å². The van der Waals surface area contributed by atoms with Crippen molar-refractivity contribution in [2.75, 3.05) is 25.9 Å². The van der Waals surface area contributed by atoms with Crippen LogP contribution in [0.15, 0.2) is 30.1 Å². The van der Waals surface area contributed by atoms with Gasteiger partial charge in [-0.25, -0.2) is 14.0 Å². The molecule has 0 spiro atoms. The van der Waals surface area contributed by atoms with Crippen molar-refractivity contribution in [3.05, 3.63) is 41.2 Å². The summed E-state index contributed by atoms with van der Waals surface area (Å²) >= 11 is 0. The molecule has 222 valence electrons. The number of halogens is 1. The van der Waals surface area contributed by atoms with Gasteiger partial charge in [-0.3, -0.25) is 4.90 Å². The van der Waals surface area contributed by atoms with E-state index >= 15 is 0 Å². The summed E-state index contributed by atoms with van der Waals surface area (Å²) in [5.74, 6) is -2.13. The van der Waals surface area contributed by atoms with Gasteiger partial charge in [0.2, 0.25) is 0 Å². The second-order valence-electron chi connectivity index (χ2n) is 11.6. The molecule has 10 heteroatoms. The number of anilines is 1. The van der Waals surface area contributed by atoms with E-state index in [1.807, 2.05) is 6.08 Å². The van der Waals surface area contributed by atoms with Gasteiger partial charge in [0.1, 0.15) is 23.0 Å². The fourth-order valence-corrected chi connectivity index (χ4v) is 4.46. The number of esters is 1. The largest absolute Gasteiger partial charge is 0.467 e. The van der Waals surface area contributed by atoms with Crippen LogP contribution in [0.25, 0.3) is 6.08 Å². The van der Waals surface area contributed by atoms with E-state index in [0.29, 0.717) is 17.7 Å². The van der Waals surface area contributed by atoms with Crippen molar-refractivity contribution in [2.24, 2.45) is 5.92 Å². The Balaban J connectivity index is 2.11. The molecule has 0 saturated carbocycles. The molecule has 40 heavy (non-hydrogen) atoms. The fourth-order valence-electron chi connectivity index (χ4n) is 4.46. The van der Waals surface area contributed by atoms with E-state index in [9.17, 15) is 14.0 Å². The van der Waals surface area contributed by atoms with Crippen LogP contribution < -0.4 is 9.64 Å². The Hall–Kier alpha value is -2.95. The molecule has 0 aromatic heterocycles. The number of cyclic esters (lactones) is 1. The Morgan fingerprint density at radius 1 is 1.18 bits per heavy atom. The lowest BCUT2D eigenvalue weighted by atomic mass is 9.99. The van der Waals surface area contributed by atoms with E-state index in [4.69, 9.17) is 28.4 Å². The van der Waals surface area contributed by atoms with E-state index in [1.54, 1.807) is 73.7 Å². The van der Waals surface area contributed by atoms with Crippen LogP contribution in [0.2, 0.25) is 0 Å². The number of methoxy groups -OCH3 is 1. The summed E-state index contributed by atoms with van der Waals surface area (Å²) in [5, 5.41) is 0. The lowest BCUT2D eigenvalue weighted by Gasteiger charge is -2.26. The fraction of sp³-hybridized carbons (Fsp3) is 0.600. The summed E-state index contributed by atoms with van der Waals surface area (Å²) in [6.07, 6.45) is 3.33. The highest BCUT2D eigenvalue weighted by atomic mass is 19.1. The number of rotatable bonds is 4. The molecule has 0 unspecified atom stereocenters. The van der Waals surface area contributed by atoms with Gasteiger partial charge in [0, 0.05) is 32.6 Å². The summed E-state index contributed by atoms with van der Waals surface area (Å²) < 4.78 is 49.2. The van der Waals surface area contributed by atoms with Crippen LogP contribution in [0, 0.1) is 5.92 Å². The second kappa shape index (κ2) is 12.7. The summed E-state index contributed by atoms with van der Waals surface area (Å²) in [5.41, 5.74) is 0.337. The van der Waals surface area contributed by atoms with Gasteiger partial charge < -0.3 is 28.4 Å². The van der Waals surface area contributed by atoms with Gasteiger partial charge in [0.05, 0.1) is 23.7 Å². The lowest BCUT2D eigenvalue weighted by molar-refractivity contribution is -0.146. The first kappa shape index (κ1) is 31.6. The van der Waals surface area contributed by atoms with Gasteiger partial charge in [-0.15, -0.1) is 0 Å². The molecule has 1 amide bonds. The maximum absolute atomic E-state index is 15.0. The molecule has 2 heterocycles. The van der Waals surface area contributed by atoms with Crippen LogP contribution in [0.4, 0.5) is 14.9 Å². The highest BCUT2D eigenvalue weighted by molar-refractivity contribution is 5.99. The second-order valence-corrected chi connectivity index (χ2v) is 11.6. The summed E-state index contributed by atoms with van der Waals surface area (Å²) in [7, 11) is 3.03. The Morgan fingerprint density at radius 2 is 1.85 bits per heavy atom. The molecular weight excluding hydrogens is 521 g/mol. The van der Waals surface area contributed by atoms with Crippen molar-refractivity contribution in [2.45, 2.75) is 91.0 Å².